The van der Waals surface area contributed by atoms with Gasteiger partial charge in [0.15, 0.2) is 0 Å². The van der Waals surface area contributed by atoms with E-state index in [1.165, 1.54) is 17.0 Å². The second kappa shape index (κ2) is 12.9. The third-order valence-corrected chi connectivity index (χ3v) is 7.55. The molecule has 6 nitrogen and oxygen atoms in total. The third kappa shape index (κ3) is 7.71. The van der Waals surface area contributed by atoms with Crippen molar-refractivity contribution < 1.29 is 18.7 Å². The first-order chi connectivity index (χ1) is 17.9. The molecule has 1 aliphatic heterocycles. The highest BCUT2D eigenvalue weighted by molar-refractivity contribution is 7.11. The number of rotatable bonds is 10. The summed E-state index contributed by atoms with van der Waals surface area (Å²) in [5, 5.41) is 0. The van der Waals surface area contributed by atoms with E-state index in [0.717, 1.165) is 29.1 Å². The van der Waals surface area contributed by atoms with Gasteiger partial charge in [-0.15, -0.1) is 11.3 Å². The van der Waals surface area contributed by atoms with Gasteiger partial charge in [0.25, 0.3) is 5.91 Å². The van der Waals surface area contributed by atoms with Gasteiger partial charge in [0.2, 0.25) is 5.91 Å². The Bertz CT molecular complexity index is 1190. The molecule has 4 rings (SSSR count). The summed E-state index contributed by atoms with van der Waals surface area (Å²) in [5.74, 6) is -0.596. The van der Waals surface area contributed by atoms with E-state index in [2.05, 4.69) is 4.90 Å². The number of carbonyl (C=O) groups is 2. The Hall–Kier alpha value is -3.07. The van der Waals surface area contributed by atoms with Crippen LogP contribution in [0.1, 0.15) is 31.2 Å². The quantitative estimate of drug-likeness (QED) is 0.393. The molecule has 3 aromatic rings. The number of hydrogen-bond acceptors (Lipinski definition) is 5. The van der Waals surface area contributed by atoms with E-state index in [1.54, 1.807) is 33.3 Å². The average Bonchev–Trinajstić information content (AvgIpc) is 3.32. The zero-order chi connectivity index (χ0) is 26.2. The highest BCUT2D eigenvalue weighted by Gasteiger charge is 2.25. The molecule has 0 bridgehead atoms. The van der Waals surface area contributed by atoms with E-state index in [9.17, 15) is 14.0 Å². The molecule has 37 heavy (non-hydrogen) atoms. The predicted octanol–water partition coefficient (Wildman–Crippen LogP) is 4.51. The van der Waals surface area contributed by atoms with Gasteiger partial charge in [0.1, 0.15) is 12.4 Å². The molecular formula is C29H34FN3O3S. The molecule has 2 heterocycles. The van der Waals surface area contributed by atoms with Crippen LogP contribution in [-0.4, -0.2) is 72.5 Å². The number of ether oxygens (including phenoxy) is 1. The van der Waals surface area contributed by atoms with Crippen LogP contribution in [0, 0.1) is 19.7 Å². The molecule has 8 heteroatoms. The van der Waals surface area contributed by atoms with Gasteiger partial charge in [-0.3, -0.25) is 14.5 Å². The summed E-state index contributed by atoms with van der Waals surface area (Å²) in [4.78, 5) is 35.3. The third-order valence-electron chi connectivity index (χ3n) is 6.56. The highest BCUT2D eigenvalue weighted by Crippen LogP contribution is 2.20. The predicted molar refractivity (Wildman–Crippen MR) is 144 cm³/mol. The molecular weight excluding hydrogens is 489 g/mol. The lowest BCUT2D eigenvalue weighted by molar-refractivity contribution is -0.133. The first-order valence-electron chi connectivity index (χ1n) is 12.6. The SMILES string of the molecule is Cc1ccc(CN(Cc2ccc(F)cc2)C(=O)CN(CCN2CCOCC2)C(=O)c2ccccc2C)s1. The molecule has 1 aliphatic rings. The highest BCUT2D eigenvalue weighted by atomic mass is 32.1. The van der Waals surface area contributed by atoms with Gasteiger partial charge in [-0.1, -0.05) is 30.3 Å². The second-order valence-electron chi connectivity index (χ2n) is 9.38. The fourth-order valence-electron chi connectivity index (χ4n) is 4.39. The maximum absolute atomic E-state index is 13.7. The van der Waals surface area contributed by atoms with Gasteiger partial charge in [0, 0.05) is 48.0 Å². The van der Waals surface area contributed by atoms with Gasteiger partial charge in [-0.05, 0) is 55.3 Å². The summed E-state index contributed by atoms with van der Waals surface area (Å²) in [6, 6.07) is 17.8. The molecule has 0 unspecified atom stereocenters. The number of carbonyl (C=O) groups excluding carboxylic acids is 2. The number of thiophene rings is 1. The molecule has 0 N–H and O–H groups in total. The van der Waals surface area contributed by atoms with Crippen LogP contribution < -0.4 is 0 Å². The van der Waals surface area contributed by atoms with E-state index < -0.39 is 0 Å². The molecule has 2 aromatic carbocycles. The lowest BCUT2D eigenvalue weighted by atomic mass is 10.1. The van der Waals surface area contributed by atoms with Gasteiger partial charge in [-0.2, -0.15) is 0 Å². The van der Waals surface area contributed by atoms with Gasteiger partial charge in [0.05, 0.1) is 19.8 Å². The minimum absolute atomic E-state index is 0.0247. The number of hydrogen-bond donors (Lipinski definition) is 0. The molecule has 2 amide bonds. The summed E-state index contributed by atoms with van der Waals surface area (Å²) in [6.07, 6.45) is 0. The van der Waals surface area contributed by atoms with Crippen molar-refractivity contribution in [2.24, 2.45) is 0 Å². The number of amides is 2. The molecule has 0 atom stereocenters. The van der Waals surface area contributed by atoms with Crippen LogP contribution in [0.4, 0.5) is 4.39 Å². The molecule has 1 fully saturated rings. The van der Waals surface area contributed by atoms with Crippen LogP contribution in [0.5, 0.6) is 0 Å². The van der Waals surface area contributed by atoms with E-state index >= 15 is 0 Å². The largest absolute Gasteiger partial charge is 0.379 e. The summed E-state index contributed by atoms with van der Waals surface area (Å²) in [7, 11) is 0. The van der Waals surface area contributed by atoms with Crippen LogP contribution in [0.2, 0.25) is 0 Å². The van der Waals surface area contributed by atoms with Crippen molar-refractivity contribution in [3.63, 3.8) is 0 Å². The Morgan fingerprint density at radius 1 is 0.946 bits per heavy atom. The van der Waals surface area contributed by atoms with Crippen LogP contribution in [0.15, 0.2) is 60.7 Å². The number of halogens is 1. The molecule has 0 spiro atoms. The Labute approximate surface area is 222 Å². The topological polar surface area (TPSA) is 53.1 Å². The summed E-state index contributed by atoms with van der Waals surface area (Å²) >= 11 is 1.65. The van der Waals surface area contributed by atoms with Crippen molar-refractivity contribution in [1.29, 1.82) is 0 Å². The Balaban J connectivity index is 1.54. The zero-order valence-corrected chi connectivity index (χ0v) is 22.3. The van der Waals surface area contributed by atoms with Crippen LogP contribution in [0.3, 0.4) is 0 Å². The summed E-state index contributed by atoms with van der Waals surface area (Å²) in [5.41, 5.74) is 2.33. The Kier molecular flexibility index (Phi) is 9.44. The first kappa shape index (κ1) is 27.0. The van der Waals surface area contributed by atoms with E-state index in [0.29, 0.717) is 45.0 Å². The van der Waals surface area contributed by atoms with Gasteiger partial charge < -0.3 is 14.5 Å². The van der Waals surface area contributed by atoms with E-state index in [1.807, 2.05) is 50.2 Å². The van der Waals surface area contributed by atoms with Crippen molar-refractivity contribution in [1.82, 2.24) is 14.7 Å². The normalized spacial score (nSPS) is 13.9. The molecule has 0 radical (unpaired) electrons. The number of nitrogens with zero attached hydrogens (tertiary/aromatic N) is 3. The van der Waals surface area contributed by atoms with Crippen LogP contribution in [-0.2, 0) is 22.6 Å². The van der Waals surface area contributed by atoms with Crippen molar-refractivity contribution >= 4 is 23.2 Å². The average molecular weight is 524 g/mol. The number of benzene rings is 2. The molecule has 1 saturated heterocycles. The van der Waals surface area contributed by atoms with Crippen molar-refractivity contribution in [3.05, 3.63) is 92.9 Å². The van der Waals surface area contributed by atoms with Crippen molar-refractivity contribution in [2.75, 3.05) is 45.9 Å². The van der Waals surface area contributed by atoms with E-state index in [-0.39, 0.29) is 24.2 Å². The Morgan fingerprint density at radius 2 is 1.68 bits per heavy atom. The van der Waals surface area contributed by atoms with E-state index in [4.69, 9.17) is 4.74 Å². The lowest BCUT2D eigenvalue weighted by Gasteiger charge is -2.31. The van der Waals surface area contributed by atoms with Crippen molar-refractivity contribution in [2.45, 2.75) is 26.9 Å². The minimum Gasteiger partial charge on any atom is -0.379 e. The zero-order valence-electron chi connectivity index (χ0n) is 21.5. The summed E-state index contributed by atoms with van der Waals surface area (Å²) in [6.45, 7) is 8.80. The second-order valence-corrected chi connectivity index (χ2v) is 10.8. The summed E-state index contributed by atoms with van der Waals surface area (Å²) < 4.78 is 18.9. The standard InChI is InChI=1S/C29H34FN3O3S/c1-22-5-3-4-6-27(22)29(35)32(14-13-31-15-17-36-18-16-31)21-28(34)33(20-26-12-7-23(2)37-26)19-24-8-10-25(30)11-9-24/h3-12H,13-21H2,1-2H3. The fourth-order valence-corrected chi connectivity index (χ4v) is 5.29. The monoisotopic (exact) mass is 523 g/mol. The van der Waals surface area contributed by atoms with Crippen LogP contribution >= 0.6 is 11.3 Å². The molecule has 0 saturated carbocycles. The molecule has 1 aromatic heterocycles. The van der Waals surface area contributed by atoms with Crippen LogP contribution in [0.25, 0.3) is 0 Å². The Morgan fingerprint density at radius 3 is 2.35 bits per heavy atom. The lowest BCUT2D eigenvalue weighted by Crippen LogP contribution is -2.47. The molecule has 0 aliphatic carbocycles. The number of aryl methyl sites for hydroxylation is 2. The fraction of sp³-hybridized carbons (Fsp3) is 0.379. The minimum atomic E-state index is -0.311. The van der Waals surface area contributed by atoms with Crippen molar-refractivity contribution in [3.8, 4) is 0 Å². The molecule has 196 valence electrons. The smallest absolute Gasteiger partial charge is 0.254 e. The number of morpholine rings is 1. The van der Waals surface area contributed by atoms with Gasteiger partial charge >= 0.3 is 0 Å². The first-order valence-corrected chi connectivity index (χ1v) is 13.4. The van der Waals surface area contributed by atoms with Gasteiger partial charge in [-0.25, -0.2) is 4.39 Å². The maximum atomic E-state index is 13.7. The maximum Gasteiger partial charge on any atom is 0.254 e.